The van der Waals surface area contributed by atoms with Crippen molar-refractivity contribution < 1.29 is 0 Å². The van der Waals surface area contributed by atoms with E-state index in [1.807, 2.05) is 49.8 Å². The molecule has 6 heteroatoms. The first-order valence-electron chi connectivity index (χ1n) is 6.54. The van der Waals surface area contributed by atoms with E-state index < -0.39 is 0 Å². The third-order valence-electron chi connectivity index (χ3n) is 3.21. The summed E-state index contributed by atoms with van der Waals surface area (Å²) < 4.78 is 1.76. The van der Waals surface area contributed by atoms with Crippen LogP contribution in [-0.4, -0.2) is 19.8 Å². The molecule has 0 radical (unpaired) electrons. The summed E-state index contributed by atoms with van der Waals surface area (Å²) in [5.41, 5.74) is 8.55. The Hall–Kier alpha value is -2.47. The van der Waals surface area contributed by atoms with E-state index in [2.05, 4.69) is 15.4 Å². The van der Waals surface area contributed by atoms with Crippen molar-refractivity contribution in [3.63, 3.8) is 0 Å². The molecule has 0 unspecified atom stereocenters. The van der Waals surface area contributed by atoms with Gasteiger partial charge in [-0.2, -0.15) is 5.10 Å². The lowest BCUT2D eigenvalue weighted by Crippen LogP contribution is -2.14. The third-order valence-corrected chi connectivity index (χ3v) is 3.43. The molecular formula is C15H15N5S. The van der Waals surface area contributed by atoms with Gasteiger partial charge in [0, 0.05) is 30.7 Å². The Morgan fingerprint density at radius 3 is 2.90 bits per heavy atom. The second-order valence-electron chi connectivity index (χ2n) is 4.82. The monoisotopic (exact) mass is 297 g/mol. The Labute approximate surface area is 127 Å². The molecule has 3 rings (SSSR count). The number of aryl methyl sites for hydroxylation is 1. The molecule has 0 aliphatic heterocycles. The minimum atomic E-state index is 0.335. The zero-order valence-electron chi connectivity index (χ0n) is 11.6. The third kappa shape index (κ3) is 2.85. The van der Waals surface area contributed by atoms with E-state index in [1.54, 1.807) is 4.68 Å². The van der Waals surface area contributed by atoms with Gasteiger partial charge in [-0.3, -0.25) is 4.68 Å². The summed E-state index contributed by atoms with van der Waals surface area (Å²) >= 11 is 5.13. The fourth-order valence-electron chi connectivity index (χ4n) is 2.19. The van der Waals surface area contributed by atoms with Crippen LogP contribution in [0.15, 0.2) is 42.7 Å². The number of pyridine rings is 1. The van der Waals surface area contributed by atoms with E-state index in [0.717, 1.165) is 22.0 Å². The van der Waals surface area contributed by atoms with Gasteiger partial charge in [0.2, 0.25) is 0 Å². The maximum atomic E-state index is 5.81. The van der Waals surface area contributed by atoms with Crippen LogP contribution in [0.3, 0.4) is 0 Å². The Bertz CT molecular complexity index is 809. The van der Waals surface area contributed by atoms with E-state index in [9.17, 15) is 0 Å². The number of para-hydroxylation sites is 1. The fraction of sp³-hybridized carbons (Fsp3) is 0.133. The molecule has 21 heavy (non-hydrogen) atoms. The van der Waals surface area contributed by atoms with Crippen LogP contribution in [0.25, 0.3) is 10.9 Å². The van der Waals surface area contributed by atoms with Gasteiger partial charge in [-0.25, -0.2) is 4.98 Å². The highest BCUT2D eigenvalue weighted by molar-refractivity contribution is 7.80. The maximum Gasteiger partial charge on any atom is 0.137 e. The van der Waals surface area contributed by atoms with Crippen molar-refractivity contribution in [1.29, 1.82) is 0 Å². The van der Waals surface area contributed by atoms with Gasteiger partial charge in [-0.05, 0) is 12.1 Å². The van der Waals surface area contributed by atoms with Crippen LogP contribution in [0.4, 0.5) is 5.82 Å². The van der Waals surface area contributed by atoms with Crippen molar-refractivity contribution >= 4 is 33.9 Å². The number of nitrogens with two attached hydrogens (primary N) is 1. The zero-order valence-corrected chi connectivity index (χ0v) is 12.4. The summed E-state index contributed by atoms with van der Waals surface area (Å²) in [6, 6.07) is 9.86. The van der Waals surface area contributed by atoms with E-state index in [4.69, 9.17) is 18.0 Å². The van der Waals surface area contributed by atoms with Gasteiger partial charge in [-0.15, -0.1) is 0 Å². The molecule has 1 aromatic carbocycles. The quantitative estimate of drug-likeness (QED) is 0.723. The van der Waals surface area contributed by atoms with Crippen molar-refractivity contribution in [2.75, 3.05) is 5.32 Å². The Morgan fingerprint density at radius 2 is 2.19 bits per heavy atom. The maximum absolute atomic E-state index is 5.81. The molecular weight excluding hydrogens is 282 g/mol. The summed E-state index contributed by atoms with van der Waals surface area (Å²) in [4.78, 5) is 4.95. The molecule has 0 saturated heterocycles. The highest BCUT2D eigenvalue weighted by Crippen LogP contribution is 2.21. The number of hydrogen-bond acceptors (Lipinski definition) is 4. The molecule has 0 fully saturated rings. The minimum Gasteiger partial charge on any atom is -0.389 e. The minimum absolute atomic E-state index is 0.335. The van der Waals surface area contributed by atoms with E-state index in [-0.39, 0.29) is 0 Å². The number of hydrogen-bond donors (Lipinski definition) is 2. The number of aromatic nitrogens is 3. The number of rotatable bonds is 4. The lowest BCUT2D eigenvalue weighted by molar-refractivity contribution is 0.767. The number of fused-ring (bicyclic) bond motifs is 1. The lowest BCUT2D eigenvalue weighted by atomic mass is 10.1. The van der Waals surface area contributed by atoms with E-state index >= 15 is 0 Å². The van der Waals surface area contributed by atoms with E-state index in [0.29, 0.717) is 17.4 Å². The largest absolute Gasteiger partial charge is 0.389 e. The van der Waals surface area contributed by atoms with Crippen LogP contribution in [0.1, 0.15) is 11.1 Å². The van der Waals surface area contributed by atoms with Crippen LogP contribution in [0.2, 0.25) is 0 Å². The average Bonchev–Trinajstić information content (AvgIpc) is 2.89. The SMILES string of the molecule is Cn1cc(CNc2nc3ccccc3cc2C(N)=S)cn1. The van der Waals surface area contributed by atoms with Crippen LogP contribution in [-0.2, 0) is 13.6 Å². The first-order valence-corrected chi connectivity index (χ1v) is 6.95. The number of nitrogens with zero attached hydrogens (tertiary/aromatic N) is 3. The molecule has 0 bridgehead atoms. The molecule has 2 aromatic heterocycles. The molecule has 106 valence electrons. The first-order chi connectivity index (χ1) is 10.1. The topological polar surface area (TPSA) is 68.8 Å². The predicted octanol–water partition coefficient (Wildman–Crippen LogP) is 2.21. The number of benzene rings is 1. The summed E-state index contributed by atoms with van der Waals surface area (Å²) in [7, 11) is 1.89. The van der Waals surface area contributed by atoms with Crippen molar-refractivity contribution in [1.82, 2.24) is 14.8 Å². The Balaban J connectivity index is 1.95. The van der Waals surface area contributed by atoms with Gasteiger partial charge < -0.3 is 11.1 Å². The second-order valence-corrected chi connectivity index (χ2v) is 5.26. The Kier molecular flexibility index (Phi) is 3.53. The van der Waals surface area contributed by atoms with Gasteiger partial charge in [0.15, 0.2) is 0 Å². The highest BCUT2D eigenvalue weighted by atomic mass is 32.1. The first kappa shape index (κ1) is 13.5. The van der Waals surface area contributed by atoms with E-state index in [1.165, 1.54) is 0 Å². The number of thiocarbonyl (C=S) groups is 1. The summed E-state index contributed by atoms with van der Waals surface area (Å²) in [5.74, 6) is 0.699. The normalized spacial score (nSPS) is 10.7. The van der Waals surface area contributed by atoms with Crippen LogP contribution >= 0.6 is 12.2 Å². The average molecular weight is 297 g/mol. The summed E-state index contributed by atoms with van der Waals surface area (Å²) in [6.45, 7) is 0.620. The summed E-state index contributed by atoms with van der Waals surface area (Å²) in [5, 5.41) is 8.45. The van der Waals surface area contributed by atoms with Crippen LogP contribution < -0.4 is 11.1 Å². The smallest absolute Gasteiger partial charge is 0.137 e. The standard InChI is InChI=1S/C15H15N5S/c1-20-9-10(8-18-20)7-17-15-12(14(16)21)6-11-4-2-3-5-13(11)19-15/h2-6,8-9H,7H2,1H3,(H2,16,21)(H,17,19). The van der Waals surface area contributed by atoms with Gasteiger partial charge >= 0.3 is 0 Å². The fourth-order valence-corrected chi connectivity index (χ4v) is 2.34. The van der Waals surface area contributed by atoms with Crippen LogP contribution in [0.5, 0.6) is 0 Å². The van der Waals surface area contributed by atoms with Gasteiger partial charge in [0.1, 0.15) is 10.8 Å². The van der Waals surface area contributed by atoms with Crippen molar-refractivity contribution in [3.8, 4) is 0 Å². The van der Waals surface area contributed by atoms with Crippen molar-refractivity contribution in [3.05, 3.63) is 53.9 Å². The molecule has 0 amide bonds. The van der Waals surface area contributed by atoms with Gasteiger partial charge in [-0.1, -0.05) is 30.4 Å². The second kappa shape index (κ2) is 5.49. The molecule has 3 N–H and O–H groups in total. The van der Waals surface area contributed by atoms with Crippen molar-refractivity contribution in [2.45, 2.75) is 6.54 Å². The molecule has 0 spiro atoms. The molecule has 0 atom stereocenters. The zero-order chi connectivity index (χ0) is 14.8. The van der Waals surface area contributed by atoms with Crippen molar-refractivity contribution in [2.24, 2.45) is 12.8 Å². The molecule has 0 aliphatic carbocycles. The van der Waals surface area contributed by atoms with Crippen LogP contribution in [0, 0.1) is 0 Å². The summed E-state index contributed by atoms with van der Waals surface area (Å²) in [6.07, 6.45) is 3.77. The number of nitrogens with one attached hydrogen (secondary N) is 1. The molecule has 5 nitrogen and oxygen atoms in total. The molecule has 2 heterocycles. The predicted molar refractivity (Wildman–Crippen MR) is 88.2 cm³/mol. The highest BCUT2D eigenvalue weighted by Gasteiger charge is 2.09. The number of anilines is 1. The van der Waals surface area contributed by atoms with Gasteiger partial charge in [0.05, 0.1) is 17.3 Å². The molecule has 3 aromatic rings. The van der Waals surface area contributed by atoms with Gasteiger partial charge in [0.25, 0.3) is 0 Å². The lowest BCUT2D eigenvalue weighted by Gasteiger charge is -2.11. The Morgan fingerprint density at radius 1 is 1.38 bits per heavy atom. The molecule has 0 aliphatic rings. The molecule has 0 saturated carbocycles.